The number of alkyl halides is 2. The molecule has 1 aliphatic heterocycles. The first-order valence-electron chi connectivity index (χ1n) is 13.0. The number of benzene rings is 2. The van der Waals surface area contributed by atoms with Crippen molar-refractivity contribution < 1.29 is 18.7 Å². The van der Waals surface area contributed by atoms with Crippen LogP contribution in [0.1, 0.15) is 46.7 Å². The molecule has 40 heavy (non-hydrogen) atoms. The van der Waals surface area contributed by atoms with Crippen molar-refractivity contribution in [3.63, 3.8) is 0 Å². The van der Waals surface area contributed by atoms with Crippen LogP contribution in [-0.4, -0.2) is 51.9 Å². The van der Waals surface area contributed by atoms with Gasteiger partial charge < -0.3 is 15.4 Å². The summed E-state index contributed by atoms with van der Waals surface area (Å²) in [6.07, 6.45) is 0.164. The minimum absolute atomic E-state index is 0.0302. The highest BCUT2D eigenvalue weighted by molar-refractivity contribution is 5.84. The fourth-order valence-electron chi connectivity index (χ4n) is 4.55. The van der Waals surface area contributed by atoms with Gasteiger partial charge in [-0.2, -0.15) is 5.26 Å². The second-order valence-electron chi connectivity index (χ2n) is 9.68. The quantitative estimate of drug-likeness (QED) is 0.374. The number of hydrogen-bond donors (Lipinski definition) is 3. The summed E-state index contributed by atoms with van der Waals surface area (Å²) in [6.45, 7) is 1.85. The molecule has 0 saturated carbocycles. The highest BCUT2D eigenvalue weighted by atomic mass is 19.3. The molecule has 0 radical (unpaired) electrons. The number of rotatable bonds is 8. The molecule has 1 amide bonds. The third-order valence-corrected chi connectivity index (χ3v) is 6.81. The second kappa shape index (κ2) is 13.5. The van der Waals surface area contributed by atoms with E-state index >= 15 is 0 Å². The fraction of sp³-hybridized carbons (Fsp3) is 0.333. The average molecular weight is 546 g/mol. The van der Waals surface area contributed by atoms with Gasteiger partial charge in [-0.1, -0.05) is 36.1 Å². The zero-order chi connectivity index (χ0) is 28.5. The Morgan fingerprint density at radius 2 is 1.68 bits per heavy atom. The van der Waals surface area contributed by atoms with Crippen LogP contribution in [0.4, 0.5) is 8.78 Å². The molecule has 0 aliphatic carbocycles. The maximum Gasteiger partial charge on any atom is 0.293 e. The predicted molar refractivity (Wildman–Crippen MR) is 144 cm³/mol. The molecule has 1 aromatic heterocycles. The molecule has 0 spiro atoms. The van der Waals surface area contributed by atoms with Crippen molar-refractivity contribution in [1.29, 1.82) is 5.26 Å². The lowest BCUT2D eigenvalue weighted by Gasteiger charge is -2.28. The van der Waals surface area contributed by atoms with Crippen LogP contribution in [0.2, 0.25) is 0 Å². The van der Waals surface area contributed by atoms with Crippen molar-refractivity contribution in [2.75, 3.05) is 19.6 Å². The maximum atomic E-state index is 12.7. The van der Waals surface area contributed by atoms with Crippen molar-refractivity contribution in [2.24, 2.45) is 5.92 Å². The molecule has 206 valence electrons. The van der Waals surface area contributed by atoms with Crippen molar-refractivity contribution >= 4 is 5.91 Å². The second-order valence-corrected chi connectivity index (χ2v) is 9.68. The number of carbonyl (C=O) groups excluding carboxylic acids is 1. The molecule has 2 heterocycles. The van der Waals surface area contributed by atoms with Gasteiger partial charge in [-0.25, -0.2) is 13.8 Å². The van der Waals surface area contributed by atoms with Gasteiger partial charge >= 0.3 is 0 Å². The number of likely N-dealkylation sites (tertiary alicyclic amines) is 1. The number of nitrogens with one attached hydrogen (secondary N) is 2. The molecule has 4 rings (SSSR count). The van der Waals surface area contributed by atoms with Crippen LogP contribution >= 0.6 is 0 Å². The van der Waals surface area contributed by atoms with Crippen LogP contribution in [0.5, 0.6) is 5.75 Å². The predicted octanol–water partition coefficient (Wildman–Crippen LogP) is 3.32. The average Bonchev–Trinajstić information content (AvgIpc) is 2.97. The highest BCUT2D eigenvalue weighted by Crippen LogP contribution is 2.25. The summed E-state index contributed by atoms with van der Waals surface area (Å²) >= 11 is 0. The number of aromatic amines is 1. The van der Waals surface area contributed by atoms with Gasteiger partial charge in [-0.3, -0.25) is 14.5 Å². The number of amides is 1. The standard InChI is InChI=1S/C30H29F2N5O3/c31-26(32)17-34-29(39)25(27-28(38)30(40)36-19-35-27)15-22-7-3-20(4-8-22)1-2-21-5-9-24(10-6-21)18-37-13-11-23(16-33)12-14-37/h3-10,19,23,25-26,38H,11-15,17-18H2,(H,34,39)(H,35,36,40). The van der Waals surface area contributed by atoms with Crippen molar-refractivity contribution in [2.45, 2.75) is 38.2 Å². The number of aromatic hydroxyl groups is 1. The number of carbonyl (C=O) groups is 1. The van der Waals surface area contributed by atoms with E-state index in [1.807, 2.05) is 12.1 Å². The molecule has 1 aliphatic rings. The van der Waals surface area contributed by atoms with Gasteiger partial charge in [0.25, 0.3) is 12.0 Å². The first kappa shape index (κ1) is 28.5. The zero-order valence-electron chi connectivity index (χ0n) is 21.7. The summed E-state index contributed by atoms with van der Waals surface area (Å²) in [5.41, 5.74) is 2.46. The van der Waals surface area contributed by atoms with Gasteiger partial charge in [-0.15, -0.1) is 0 Å². The van der Waals surface area contributed by atoms with E-state index in [4.69, 9.17) is 5.26 Å². The zero-order valence-corrected chi connectivity index (χ0v) is 21.7. The van der Waals surface area contributed by atoms with Gasteiger partial charge in [-0.05, 0) is 67.7 Å². The molecule has 1 unspecified atom stereocenters. The van der Waals surface area contributed by atoms with Crippen LogP contribution < -0.4 is 10.9 Å². The number of hydrogen-bond acceptors (Lipinski definition) is 6. The number of H-pyrrole nitrogens is 1. The lowest BCUT2D eigenvalue weighted by atomic mass is 9.94. The molecule has 3 aromatic rings. The molecule has 1 atom stereocenters. The Morgan fingerprint density at radius 3 is 2.25 bits per heavy atom. The molecule has 0 bridgehead atoms. The molecule has 8 nitrogen and oxygen atoms in total. The Kier molecular flexibility index (Phi) is 9.61. The van der Waals surface area contributed by atoms with E-state index in [1.165, 1.54) is 5.56 Å². The van der Waals surface area contributed by atoms with Crippen molar-refractivity contribution in [3.05, 3.63) is 93.2 Å². The normalized spacial score (nSPS) is 14.7. The van der Waals surface area contributed by atoms with E-state index in [0.29, 0.717) is 5.56 Å². The van der Waals surface area contributed by atoms with E-state index in [1.54, 1.807) is 24.3 Å². The lowest BCUT2D eigenvalue weighted by Crippen LogP contribution is -2.34. The number of halogens is 2. The van der Waals surface area contributed by atoms with Crippen LogP contribution in [-0.2, 0) is 17.8 Å². The van der Waals surface area contributed by atoms with Gasteiger partial charge in [0, 0.05) is 23.6 Å². The molecule has 3 N–H and O–H groups in total. The Hall–Kier alpha value is -4.54. The summed E-state index contributed by atoms with van der Waals surface area (Å²) in [4.78, 5) is 33.0. The SMILES string of the molecule is N#CC1CCN(Cc2ccc(C#Cc3ccc(CC(C(=O)NCC(F)F)c4nc[nH]c(=O)c4O)cc3)cc2)CC1. The number of piperidine rings is 1. The van der Waals surface area contributed by atoms with Crippen molar-refractivity contribution in [1.82, 2.24) is 20.2 Å². The van der Waals surface area contributed by atoms with E-state index in [9.17, 15) is 23.5 Å². The monoisotopic (exact) mass is 545 g/mol. The minimum atomic E-state index is -2.74. The Labute approximate surface area is 230 Å². The lowest BCUT2D eigenvalue weighted by molar-refractivity contribution is -0.123. The van der Waals surface area contributed by atoms with Crippen LogP contribution in [0, 0.1) is 29.1 Å². The van der Waals surface area contributed by atoms with E-state index in [-0.39, 0.29) is 18.0 Å². The largest absolute Gasteiger partial charge is 0.502 e. The van der Waals surface area contributed by atoms with Crippen LogP contribution in [0.25, 0.3) is 0 Å². The third-order valence-electron chi connectivity index (χ3n) is 6.81. The molecular weight excluding hydrogens is 516 g/mol. The first-order chi connectivity index (χ1) is 19.3. The number of nitriles is 1. The summed E-state index contributed by atoms with van der Waals surface area (Å²) in [5.74, 6) is 3.77. The van der Waals surface area contributed by atoms with Crippen molar-refractivity contribution in [3.8, 4) is 23.7 Å². The van der Waals surface area contributed by atoms with Gasteiger partial charge in [0.1, 0.15) is 5.69 Å². The fourth-order valence-corrected chi connectivity index (χ4v) is 4.55. The molecule has 2 aromatic carbocycles. The minimum Gasteiger partial charge on any atom is -0.502 e. The van der Waals surface area contributed by atoms with Crippen LogP contribution in [0.15, 0.2) is 59.7 Å². The summed E-state index contributed by atoms with van der Waals surface area (Å²) < 4.78 is 25.3. The third kappa shape index (κ3) is 7.75. The Balaban J connectivity index is 1.40. The Bertz CT molecular complexity index is 1460. The Morgan fingerprint density at radius 1 is 1.07 bits per heavy atom. The van der Waals surface area contributed by atoms with E-state index in [0.717, 1.165) is 49.9 Å². The summed E-state index contributed by atoms with van der Waals surface area (Å²) in [7, 11) is 0. The molecule has 1 fully saturated rings. The molecular formula is C30H29F2N5O3. The topological polar surface area (TPSA) is 122 Å². The van der Waals surface area contributed by atoms with Gasteiger partial charge in [0.2, 0.25) is 11.7 Å². The maximum absolute atomic E-state index is 12.7. The molecule has 10 heteroatoms. The number of aromatic nitrogens is 2. The smallest absolute Gasteiger partial charge is 0.293 e. The van der Waals surface area contributed by atoms with Crippen LogP contribution in [0.3, 0.4) is 0 Å². The molecule has 1 saturated heterocycles. The highest BCUT2D eigenvalue weighted by Gasteiger charge is 2.27. The van der Waals surface area contributed by atoms with E-state index < -0.39 is 36.1 Å². The van der Waals surface area contributed by atoms with Gasteiger partial charge in [0.05, 0.1) is 24.9 Å². The van der Waals surface area contributed by atoms with Gasteiger partial charge in [0.15, 0.2) is 0 Å². The van der Waals surface area contributed by atoms with E-state index in [2.05, 4.69) is 50.2 Å². The summed E-state index contributed by atoms with van der Waals surface area (Å²) in [6, 6.07) is 17.5. The number of nitrogens with zero attached hydrogens (tertiary/aromatic N) is 3. The summed E-state index contributed by atoms with van der Waals surface area (Å²) in [5, 5.41) is 21.3. The first-order valence-corrected chi connectivity index (χ1v) is 13.0.